The number of benzene rings is 2. The van der Waals surface area contributed by atoms with Crippen LogP contribution in [0.1, 0.15) is 80.4 Å². The number of hydrogen-bond donors (Lipinski definition) is 1. The van der Waals surface area contributed by atoms with Gasteiger partial charge in [0.1, 0.15) is 11.6 Å². The molecular formula is C24H26F4O2. The van der Waals surface area contributed by atoms with Crippen molar-refractivity contribution in [2.24, 2.45) is 5.92 Å². The summed E-state index contributed by atoms with van der Waals surface area (Å²) in [7, 11) is 0. The van der Waals surface area contributed by atoms with Crippen LogP contribution < -0.4 is 0 Å². The first-order chi connectivity index (χ1) is 14.3. The summed E-state index contributed by atoms with van der Waals surface area (Å²) in [6, 6.07) is 5.34. The van der Waals surface area contributed by atoms with Crippen molar-refractivity contribution < 1.29 is 27.5 Å². The lowest BCUT2D eigenvalue weighted by Gasteiger charge is -2.29. The van der Waals surface area contributed by atoms with E-state index >= 15 is 8.78 Å². The number of carboxylic acids is 1. The summed E-state index contributed by atoms with van der Waals surface area (Å²) in [5, 5.41) is 9.23. The van der Waals surface area contributed by atoms with Crippen LogP contribution in [0.15, 0.2) is 30.3 Å². The Morgan fingerprint density at radius 1 is 0.967 bits per heavy atom. The molecule has 2 aromatic rings. The van der Waals surface area contributed by atoms with Gasteiger partial charge in [-0.15, -0.1) is 0 Å². The summed E-state index contributed by atoms with van der Waals surface area (Å²) in [6.07, 6.45) is 5.44. The van der Waals surface area contributed by atoms with Gasteiger partial charge in [0.05, 0.1) is 6.42 Å². The summed E-state index contributed by atoms with van der Waals surface area (Å²) in [5.74, 6) is -5.82. The maximum atomic E-state index is 15.0. The van der Waals surface area contributed by atoms with E-state index in [1.807, 2.05) is 0 Å². The van der Waals surface area contributed by atoms with E-state index in [1.54, 1.807) is 0 Å². The zero-order chi connectivity index (χ0) is 21.8. The lowest BCUT2D eigenvalue weighted by atomic mass is 9.76. The predicted octanol–water partition coefficient (Wildman–Crippen LogP) is 6.92. The SMILES string of the molecule is CCCC1CCC(c2cc(F)c(C(CC(=O)O)c3ccc(F)c(F)c3)c(F)c2)CC1. The van der Waals surface area contributed by atoms with E-state index in [0.29, 0.717) is 11.5 Å². The normalized spacial score (nSPS) is 20.2. The maximum absolute atomic E-state index is 15.0. The molecule has 1 aliphatic carbocycles. The summed E-state index contributed by atoms with van der Waals surface area (Å²) in [6.45, 7) is 2.15. The third kappa shape index (κ3) is 5.02. The van der Waals surface area contributed by atoms with E-state index in [4.69, 9.17) is 0 Å². The van der Waals surface area contributed by atoms with Gasteiger partial charge in [-0.3, -0.25) is 4.79 Å². The molecule has 6 heteroatoms. The molecule has 0 radical (unpaired) electrons. The van der Waals surface area contributed by atoms with Crippen molar-refractivity contribution in [1.29, 1.82) is 0 Å². The van der Waals surface area contributed by atoms with Crippen molar-refractivity contribution in [1.82, 2.24) is 0 Å². The Bertz CT molecular complexity index is 881. The molecule has 1 N–H and O–H groups in total. The van der Waals surface area contributed by atoms with Gasteiger partial charge in [-0.25, -0.2) is 17.6 Å². The molecule has 0 heterocycles. The average Bonchev–Trinajstić information content (AvgIpc) is 2.69. The largest absolute Gasteiger partial charge is 0.481 e. The van der Waals surface area contributed by atoms with E-state index in [-0.39, 0.29) is 11.5 Å². The van der Waals surface area contributed by atoms with E-state index in [9.17, 15) is 18.7 Å². The van der Waals surface area contributed by atoms with Crippen LogP contribution in [-0.2, 0) is 4.79 Å². The summed E-state index contributed by atoms with van der Waals surface area (Å²) in [5.41, 5.74) is 0.164. The van der Waals surface area contributed by atoms with Gasteiger partial charge < -0.3 is 5.11 Å². The number of carboxylic acid groups (broad SMARTS) is 1. The Labute approximate surface area is 173 Å². The lowest BCUT2D eigenvalue weighted by Crippen LogP contribution is -2.16. The van der Waals surface area contributed by atoms with E-state index in [0.717, 1.165) is 50.3 Å². The van der Waals surface area contributed by atoms with Crippen molar-refractivity contribution in [2.75, 3.05) is 0 Å². The zero-order valence-corrected chi connectivity index (χ0v) is 16.9. The highest BCUT2D eigenvalue weighted by molar-refractivity contribution is 5.69. The van der Waals surface area contributed by atoms with Gasteiger partial charge in [-0.1, -0.05) is 25.8 Å². The molecule has 1 unspecified atom stereocenters. The van der Waals surface area contributed by atoms with Crippen LogP contribution in [0.5, 0.6) is 0 Å². The molecule has 1 saturated carbocycles. The molecule has 0 spiro atoms. The molecule has 1 aliphatic rings. The van der Waals surface area contributed by atoms with E-state index in [1.165, 1.54) is 18.6 Å². The minimum Gasteiger partial charge on any atom is -0.481 e. The van der Waals surface area contributed by atoms with Gasteiger partial charge in [0, 0.05) is 11.5 Å². The second kappa shape index (κ2) is 9.63. The molecular weight excluding hydrogens is 396 g/mol. The first-order valence-electron chi connectivity index (χ1n) is 10.5. The number of aliphatic carboxylic acids is 1. The van der Waals surface area contributed by atoms with Crippen molar-refractivity contribution >= 4 is 5.97 Å². The first kappa shape index (κ1) is 22.3. The topological polar surface area (TPSA) is 37.3 Å². The fraction of sp³-hybridized carbons (Fsp3) is 0.458. The Morgan fingerprint density at radius 2 is 1.60 bits per heavy atom. The summed E-state index contributed by atoms with van der Waals surface area (Å²) < 4.78 is 57.0. The Hall–Kier alpha value is -2.37. The van der Waals surface area contributed by atoms with Gasteiger partial charge in [0.25, 0.3) is 0 Å². The summed E-state index contributed by atoms with van der Waals surface area (Å²) in [4.78, 5) is 11.3. The predicted molar refractivity (Wildman–Crippen MR) is 106 cm³/mol. The molecule has 30 heavy (non-hydrogen) atoms. The van der Waals surface area contributed by atoms with Crippen LogP contribution >= 0.6 is 0 Å². The molecule has 162 valence electrons. The maximum Gasteiger partial charge on any atom is 0.304 e. The second-order valence-electron chi connectivity index (χ2n) is 8.23. The molecule has 1 atom stereocenters. The van der Waals surface area contributed by atoms with E-state index < -0.39 is 47.1 Å². The fourth-order valence-electron chi connectivity index (χ4n) is 4.66. The van der Waals surface area contributed by atoms with Gasteiger partial charge >= 0.3 is 5.97 Å². The van der Waals surface area contributed by atoms with Crippen molar-refractivity contribution in [3.8, 4) is 0 Å². The highest BCUT2D eigenvalue weighted by Gasteiger charge is 2.28. The highest BCUT2D eigenvalue weighted by Crippen LogP contribution is 2.40. The molecule has 2 aromatic carbocycles. The smallest absolute Gasteiger partial charge is 0.304 e. The highest BCUT2D eigenvalue weighted by atomic mass is 19.2. The minimum atomic E-state index is -1.29. The van der Waals surface area contributed by atoms with Crippen LogP contribution in [0.3, 0.4) is 0 Å². The molecule has 0 bridgehead atoms. The number of carbonyl (C=O) groups is 1. The Balaban J connectivity index is 1.91. The quantitative estimate of drug-likeness (QED) is 0.492. The number of rotatable bonds is 7. The molecule has 1 fully saturated rings. The van der Waals surface area contributed by atoms with Gasteiger partial charge in [-0.2, -0.15) is 0 Å². The molecule has 0 amide bonds. The zero-order valence-electron chi connectivity index (χ0n) is 16.9. The van der Waals surface area contributed by atoms with Crippen LogP contribution in [0.2, 0.25) is 0 Å². The third-order valence-electron chi connectivity index (χ3n) is 6.19. The summed E-state index contributed by atoms with van der Waals surface area (Å²) >= 11 is 0. The van der Waals surface area contributed by atoms with Crippen molar-refractivity contribution in [3.05, 3.63) is 70.3 Å². The standard InChI is InChI=1S/C24H26F4O2/c1-2-3-14-4-6-15(7-5-14)17-11-21(27)24(22(28)12-17)18(13-23(29)30)16-8-9-19(25)20(26)10-16/h8-12,14-15,18H,2-7,13H2,1H3,(H,29,30). The molecule has 3 rings (SSSR count). The lowest BCUT2D eigenvalue weighted by molar-refractivity contribution is -0.137. The van der Waals surface area contributed by atoms with E-state index in [2.05, 4.69) is 6.92 Å². The van der Waals surface area contributed by atoms with Crippen LogP contribution in [-0.4, -0.2) is 11.1 Å². The van der Waals surface area contributed by atoms with Crippen LogP contribution in [0.4, 0.5) is 17.6 Å². The fourth-order valence-corrected chi connectivity index (χ4v) is 4.66. The van der Waals surface area contributed by atoms with Crippen molar-refractivity contribution in [3.63, 3.8) is 0 Å². The van der Waals surface area contributed by atoms with Crippen LogP contribution in [0.25, 0.3) is 0 Å². The van der Waals surface area contributed by atoms with Crippen LogP contribution in [0, 0.1) is 29.2 Å². The first-order valence-corrected chi connectivity index (χ1v) is 10.5. The molecule has 0 aromatic heterocycles. The molecule has 0 saturated heterocycles. The van der Waals surface area contributed by atoms with Gasteiger partial charge in [0.2, 0.25) is 0 Å². The van der Waals surface area contributed by atoms with Gasteiger partial charge in [-0.05, 0) is 72.9 Å². The second-order valence-corrected chi connectivity index (χ2v) is 8.23. The Morgan fingerprint density at radius 3 is 2.13 bits per heavy atom. The number of hydrogen-bond acceptors (Lipinski definition) is 1. The van der Waals surface area contributed by atoms with Crippen molar-refractivity contribution in [2.45, 2.75) is 63.7 Å². The Kier molecular flexibility index (Phi) is 7.16. The third-order valence-corrected chi connectivity index (χ3v) is 6.19. The monoisotopic (exact) mass is 422 g/mol. The molecule has 0 aliphatic heterocycles. The average molecular weight is 422 g/mol. The number of halogens is 4. The molecule has 2 nitrogen and oxygen atoms in total. The minimum absolute atomic E-state index is 0.0157. The van der Waals surface area contributed by atoms with Gasteiger partial charge in [0.15, 0.2) is 11.6 Å².